The second-order valence-electron chi connectivity index (χ2n) is 3.23. The highest BCUT2D eigenvalue weighted by atomic mass is 32.2. The normalized spacial score (nSPS) is 15.1. The summed E-state index contributed by atoms with van der Waals surface area (Å²) in [6.45, 7) is 2.13. The lowest BCUT2D eigenvalue weighted by Gasteiger charge is -2.28. The Morgan fingerprint density at radius 3 is 3.08 bits per heavy atom. The van der Waals surface area contributed by atoms with Crippen LogP contribution in [-0.2, 0) is 0 Å². The van der Waals surface area contributed by atoms with Gasteiger partial charge in [-0.3, -0.25) is 0 Å². The van der Waals surface area contributed by atoms with Crippen LogP contribution in [0.25, 0.3) is 0 Å². The molecule has 0 bridgehead atoms. The van der Waals surface area contributed by atoms with E-state index in [-0.39, 0.29) is 0 Å². The summed E-state index contributed by atoms with van der Waals surface area (Å²) >= 11 is 1.78. The van der Waals surface area contributed by atoms with Crippen LogP contribution in [0, 0.1) is 0 Å². The van der Waals surface area contributed by atoms with E-state index in [0.29, 0.717) is 0 Å². The predicted molar refractivity (Wildman–Crippen MR) is 60.0 cm³/mol. The molecule has 1 heterocycles. The van der Waals surface area contributed by atoms with Crippen LogP contribution >= 0.6 is 11.8 Å². The number of hydrogen-bond donors (Lipinski definition) is 1. The number of rotatable bonds is 1. The molecule has 1 aliphatic heterocycles. The lowest BCUT2D eigenvalue weighted by molar-refractivity contribution is 0.885. The molecule has 2 rings (SSSR count). The van der Waals surface area contributed by atoms with E-state index in [9.17, 15) is 0 Å². The van der Waals surface area contributed by atoms with Crippen LogP contribution in [0.5, 0.6) is 0 Å². The molecule has 0 radical (unpaired) electrons. The van der Waals surface area contributed by atoms with Crippen LogP contribution in [-0.4, -0.2) is 26.4 Å². The van der Waals surface area contributed by atoms with Gasteiger partial charge in [-0.1, -0.05) is 0 Å². The van der Waals surface area contributed by atoms with Gasteiger partial charge in [-0.25, -0.2) is 0 Å². The first kappa shape index (κ1) is 8.75. The van der Waals surface area contributed by atoms with Crippen molar-refractivity contribution >= 4 is 23.1 Å². The zero-order valence-corrected chi connectivity index (χ0v) is 8.82. The number of benzene rings is 1. The number of likely N-dealkylation sites (N-methyl/N-ethyl adjacent to an activating group) is 1. The fourth-order valence-corrected chi connectivity index (χ4v) is 2.04. The summed E-state index contributed by atoms with van der Waals surface area (Å²) in [7, 11) is 2.14. The topological polar surface area (TPSA) is 15.3 Å². The minimum Gasteiger partial charge on any atom is -0.382 e. The summed E-state index contributed by atoms with van der Waals surface area (Å²) in [5.74, 6) is 0. The summed E-state index contributed by atoms with van der Waals surface area (Å²) in [5.41, 5.74) is 2.57. The zero-order valence-electron chi connectivity index (χ0n) is 8.00. The Morgan fingerprint density at radius 1 is 1.46 bits per heavy atom. The molecule has 70 valence electrons. The van der Waals surface area contributed by atoms with Gasteiger partial charge in [0.15, 0.2) is 0 Å². The van der Waals surface area contributed by atoms with Crippen molar-refractivity contribution in [1.29, 1.82) is 0 Å². The van der Waals surface area contributed by atoms with Gasteiger partial charge in [-0.2, -0.15) is 0 Å². The average Bonchev–Trinajstić information content (AvgIpc) is 2.18. The quantitative estimate of drug-likeness (QED) is 0.690. The van der Waals surface area contributed by atoms with Crippen LogP contribution in [0.4, 0.5) is 11.4 Å². The lowest BCUT2D eigenvalue weighted by atomic mass is 10.2. The lowest BCUT2D eigenvalue weighted by Crippen LogP contribution is -2.30. The molecule has 1 aromatic rings. The minimum atomic E-state index is 1.04. The third-order valence-corrected chi connectivity index (χ3v) is 3.10. The molecule has 0 atom stereocenters. The Labute approximate surface area is 83.3 Å². The average molecular weight is 194 g/mol. The molecule has 13 heavy (non-hydrogen) atoms. The van der Waals surface area contributed by atoms with Crippen molar-refractivity contribution < 1.29 is 0 Å². The van der Waals surface area contributed by atoms with Gasteiger partial charge >= 0.3 is 0 Å². The summed E-state index contributed by atoms with van der Waals surface area (Å²) in [5, 5.41) is 3.41. The Balaban J connectivity index is 2.39. The summed E-state index contributed by atoms with van der Waals surface area (Å²) in [4.78, 5) is 3.61. The maximum atomic E-state index is 3.41. The fourth-order valence-electron chi connectivity index (χ4n) is 1.60. The molecular weight excluding hydrogens is 180 g/mol. The van der Waals surface area contributed by atoms with Crippen molar-refractivity contribution in [2.45, 2.75) is 4.90 Å². The smallest absolute Gasteiger partial charge is 0.0600 e. The van der Waals surface area contributed by atoms with Gasteiger partial charge in [0.05, 0.1) is 11.4 Å². The minimum absolute atomic E-state index is 1.04. The van der Waals surface area contributed by atoms with Gasteiger partial charge in [-0.15, -0.1) is 11.8 Å². The van der Waals surface area contributed by atoms with E-state index >= 15 is 0 Å². The van der Waals surface area contributed by atoms with Crippen LogP contribution in [0.1, 0.15) is 0 Å². The number of fused-ring (bicyclic) bond motifs is 1. The molecule has 0 spiro atoms. The van der Waals surface area contributed by atoms with Crippen molar-refractivity contribution in [3.63, 3.8) is 0 Å². The van der Waals surface area contributed by atoms with E-state index in [1.165, 1.54) is 16.3 Å². The maximum Gasteiger partial charge on any atom is 0.0600 e. The summed E-state index contributed by atoms with van der Waals surface area (Å²) in [6.07, 6.45) is 2.11. The molecule has 0 amide bonds. The number of anilines is 2. The van der Waals surface area contributed by atoms with Gasteiger partial charge in [0.2, 0.25) is 0 Å². The first-order chi connectivity index (χ1) is 6.31. The molecule has 0 saturated carbocycles. The van der Waals surface area contributed by atoms with E-state index in [2.05, 4.69) is 41.7 Å². The molecule has 0 saturated heterocycles. The van der Waals surface area contributed by atoms with Crippen LogP contribution in [0.15, 0.2) is 23.1 Å². The van der Waals surface area contributed by atoms with Gasteiger partial charge in [0.25, 0.3) is 0 Å². The van der Waals surface area contributed by atoms with Crippen molar-refractivity contribution in [2.24, 2.45) is 0 Å². The third-order valence-electron chi connectivity index (χ3n) is 2.38. The van der Waals surface area contributed by atoms with Crippen molar-refractivity contribution in [2.75, 3.05) is 36.6 Å². The monoisotopic (exact) mass is 194 g/mol. The number of hydrogen-bond acceptors (Lipinski definition) is 3. The first-order valence-corrected chi connectivity index (χ1v) is 5.67. The number of thioether (sulfide) groups is 1. The molecular formula is C10H14N2S. The van der Waals surface area contributed by atoms with E-state index in [1.807, 2.05) is 0 Å². The second kappa shape index (κ2) is 3.50. The van der Waals surface area contributed by atoms with Crippen molar-refractivity contribution in [1.82, 2.24) is 0 Å². The highest BCUT2D eigenvalue weighted by Gasteiger charge is 2.12. The predicted octanol–water partition coefficient (Wildman–Crippen LogP) is 2.27. The van der Waals surface area contributed by atoms with Crippen LogP contribution in [0.2, 0.25) is 0 Å². The zero-order chi connectivity index (χ0) is 9.26. The second-order valence-corrected chi connectivity index (χ2v) is 4.11. The van der Waals surface area contributed by atoms with Gasteiger partial charge < -0.3 is 10.2 Å². The van der Waals surface area contributed by atoms with E-state index < -0.39 is 0 Å². The van der Waals surface area contributed by atoms with E-state index in [0.717, 1.165) is 13.1 Å². The van der Waals surface area contributed by atoms with Crippen molar-refractivity contribution in [3.05, 3.63) is 18.2 Å². The van der Waals surface area contributed by atoms with Gasteiger partial charge in [0, 0.05) is 25.0 Å². The number of nitrogens with one attached hydrogen (secondary N) is 1. The van der Waals surface area contributed by atoms with Crippen LogP contribution < -0.4 is 10.2 Å². The van der Waals surface area contributed by atoms with E-state index in [4.69, 9.17) is 0 Å². The molecule has 1 aliphatic rings. The molecule has 1 N–H and O–H groups in total. The Morgan fingerprint density at radius 2 is 2.31 bits per heavy atom. The number of nitrogens with zero attached hydrogens (tertiary/aromatic N) is 1. The molecule has 2 nitrogen and oxygen atoms in total. The molecule has 0 aliphatic carbocycles. The largest absolute Gasteiger partial charge is 0.382 e. The highest BCUT2D eigenvalue weighted by Crippen LogP contribution is 2.31. The standard InChI is InChI=1S/C10H14N2S/c1-12-6-5-11-9-7-8(13-2)3-4-10(9)12/h3-4,7,11H,5-6H2,1-2H3. The van der Waals surface area contributed by atoms with Crippen LogP contribution in [0.3, 0.4) is 0 Å². The molecule has 0 fully saturated rings. The SMILES string of the molecule is CSc1ccc2c(c1)NCCN2C. The third kappa shape index (κ3) is 1.61. The summed E-state index contributed by atoms with van der Waals surface area (Å²) < 4.78 is 0. The van der Waals surface area contributed by atoms with Crippen molar-refractivity contribution in [3.8, 4) is 0 Å². The molecule has 3 heteroatoms. The van der Waals surface area contributed by atoms with Gasteiger partial charge in [-0.05, 0) is 24.5 Å². The maximum absolute atomic E-state index is 3.41. The Kier molecular flexibility index (Phi) is 2.36. The first-order valence-electron chi connectivity index (χ1n) is 4.44. The Bertz CT molecular complexity index is 312. The Hall–Kier alpha value is -0.830. The summed E-state index contributed by atoms with van der Waals surface area (Å²) in [6, 6.07) is 6.58. The molecule has 0 unspecified atom stereocenters. The molecule has 1 aromatic carbocycles. The highest BCUT2D eigenvalue weighted by molar-refractivity contribution is 7.98. The molecule has 0 aromatic heterocycles. The van der Waals surface area contributed by atoms with Gasteiger partial charge in [0.1, 0.15) is 0 Å². The van der Waals surface area contributed by atoms with E-state index in [1.54, 1.807) is 11.8 Å². The fraction of sp³-hybridized carbons (Fsp3) is 0.400.